The maximum absolute atomic E-state index is 12.5. The zero-order valence-corrected chi connectivity index (χ0v) is 11.9. The van der Waals surface area contributed by atoms with Gasteiger partial charge in [-0.25, -0.2) is 8.42 Å². The maximum Gasteiger partial charge on any atom is 0.244 e. The quantitative estimate of drug-likeness (QED) is 0.865. The van der Waals surface area contributed by atoms with Crippen LogP contribution in [0.15, 0.2) is 17.2 Å². The van der Waals surface area contributed by atoms with Crippen molar-refractivity contribution in [2.45, 2.75) is 37.2 Å². The molecule has 1 saturated carbocycles. The Kier molecular flexibility index (Phi) is 3.53. The lowest BCUT2D eigenvalue weighted by molar-refractivity contribution is 0.357. The minimum absolute atomic E-state index is 0.0662. The molecule has 1 aromatic rings. The molecule has 102 valence electrons. The van der Waals surface area contributed by atoms with E-state index in [1.54, 1.807) is 23.9 Å². The summed E-state index contributed by atoms with van der Waals surface area (Å²) in [4.78, 5) is 0.334. The first kappa shape index (κ1) is 13.6. The van der Waals surface area contributed by atoms with Gasteiger partial charge in [-0.3, -0.25) is 0 Å². The highest BCUT2D eigenvalue weighted by Crippen LogP contribution is 2.36. The molecule has 0 aromatic carbocycles. The van der Waals surface area contributed by atoms with Gasteiger partial charge in [0, 0.05) is 38.6 Å². The molecule has 6 heteroatoms. The van der Waals surface area contributed by atoms with E-state index in [2.05, 4.69) is 0 Å². The molecule has 1 unspecified atom stereocenters. The van der Waals surface area contributed by atoms with Crippen molar-refractivity contribution in [2.75, 3.05) is 7.05 Å². The predicted molar refractivity (Wildman–Crippen MR) is 70.4 cm³/mol. The van der Waals surface area contributed by atoms with Crippen molar-refractivity contribution >= 4 is 10.0 Å². The Hall–Kier alpha value is -0.850. The van der Waals surface area contributed by atoms with Gasteiger partial charge in [-0.1, -0.05) is 0 Å². The summed E-state index contributed by atoms with van der Waals surface area (Å²) in [6.07, 6.45) is 3.89. The van der Waals surface area contributed by atoms with Crippen molar-refractivity contribution in [3.63, 3.8) is 0 Å². The molecular weight excluding hydrogens is 250 g/mol. The molecule has 1 atom stereocenters. The molecule has 1 aliphatic rings. The molecule has 1 aliphatic carbocycles. The van der Waals surface area contributed by atoms with Crippen LogP contribution in [0.4, 0.5) is 0 Å². The van der Waals surface area contributed by atoms with E-state index in [4.69, 9.17) is 5.73 Å². The van der Waals surface area contributed by atoms with Gasteiger partial charge in [0.15, 0.2) is 0 Å². The molecule has 1 aromatic heterocycles. The second kappa shape index (κ2) is 4.68. The average molecular weight is 271 g/mol. The second-order valence-corrected chi connectivity index (χ2v) is 7.08. The molecule has 1 heterocycles. The third-order valence-electron chi connectivity index (χ3n) is 3.85. The Bertz CT molecular complexity index is 532. The van der Waals surface area contributed by atoms with Crippen LogP contribution in [0.1, 0.15) is 25.5 Å². The van der Waals surface area contributed by atoms with E-state index in [0.29, 0.717) is 17.4 Å². The first-order valence-electron chi connectivity index (χ1n) is 6.21. The van der Waals surface area contributed by atoms with Gasteiger partial charge in [0.25, 0.3) is 0 Å². The molecule has 1 fully saturated rings. The fourth-order valence-electron chi connectivity index (χ4n) is 2.18. The van der Waals surface area contributed by atoms with E-state index in [1.165, 1.54) is 4.31 Å². The summed E-state index contributed by atoms with van der Waals surface area (Å²) >= 11 is 0. The van der Waals surface area contributed by atoms with Crippen LogP contribution in [-0.2, 0) is 23.6 Å². The average Bonchev–Trinajstić information content (AvgIpc) is 3.10. The molecule has 0 aliphatic heterocycles. The summed E-state index contributed by atoms with van der Waals surface area (Å²) in [5.74, 6) is 0.516. The van der Waals surface area contributed by atoms with Crippen LogP contribution in [0, 0.1) is 5.92 Å². The lowest BCUT2D eigenvalue weighted by Gasteiger charge is -2.23. The third kappa shape index (κ3) is 2.32. The Morgan fingerprint density at radius 2 is 2.17 bits per heavy atom. The number of sulfonamides is 1. The number of nitrogens with two attached hydrogens (primary N) is 1. The topological polar surface area (TPSA) is 68.3 Å². The smallest absolute Gasteiger partial charge is 0.244 e. The van der Waals surface area contributed by atoms with Gasteiger partial charge in [0.1, 0.15) is 4.90 Å². The molecule has 0 spiro atoms. The van der Waals surface area contributed by atoms with E-state index in [1.807, 2.05) is 14.0 Å². The summed E-state index contributed by atoms with van der Waals surface area (Å²) in [7, 11) is 0.0731. The highest BCUT2D eigenvalue weighted by molar-refractivity contribution is 7.89. The van der Waals surface area contributed by atoms with Gasteiger partial charge >= 0.3 is 0 Å². The van der Waals surface area contributed by atoms with Gasteiger partial charge in [-0.2, -0.15) is 4.31 Å². The van der Waals surface area contributed by atoms with Crippen molar-refractivity contribution in [1.29, 1.82) is 0 Å². The molecule has 18 heavy (non-hydrogen) atoms. The van der Waals surface area contributed by atoms with E-state index in [9.17, 15) is 8.42 Å². The highest BCUT2D eigenvalue weighted by Gasteiger charge is 2.36. The predicted octanol–water partition coefficient (Wildman–Crippen LogP) is 0.903. The van der Waals surface area contributed by atoms with Crippen LogP contribution in [0.2, 0.25) is 0 Å². The minimum atomic E-state index is -3.40. The van der Waals surface area contributed by atoms with Crippen LogP contribution in [0.5, 0.6) is 0 Å². The zero-order valence-electron chi connectivity index (χ0n) is 11.1. The fourth-order valence-corrected chi connectivity index (χ4v) is 3.70. The third-order valence-corrected chi connectivity index (χ3v) is 5.76. The normalized spacial score (nSPS) is 18.3. The first-order chi connectivity index (χ1) is 8.37. The van der Waals surface area contributed by atoms with Gasteiger partial charge in [-0.05, 0) is 31.7 Å². The number of hydrogen-bond donors (Lipinski definition) is 1. The molecule has 0 saturated heterocycles. The van der Waals surface area contributed by atoms with Gasteiger partial charge in [-0.15, -0.1) is 0 Å². The van der Waals surface area contributed by atoms with Crippen LogP contribution < -0.4 is 5.73 Å². The van der Waals surface area contributed by atoms with Gasteiger partial charge in [0.05, 0.1) is 0 Å². The van der Waals surface area contributed by atoms with Crippen molar-refractivity contribution in [3.05, 3.63) is 18.0 Å². The first-order valence-corrected chi connectivity index (χ1v) is 7.65. The van der Waals surface area contributed by atoms with Crippen LogP contribution in [0.3, 0.4) is 0 Å². The summed E-state index contributed by atoms with van der Waals surface area (Å²) in [6.45, 7) is 2.32. The molecule has 2 rings (SSSR count). The number of hydrogen-bond acceptors (Lipinski definition) is 3. The summed E-state index contributed by atoms with van der Waals surface area (Å²) in [5.41, 5.74) is 6.39. The molecule has 0 amide bonds. The number of nitrogens with zero attached hydrogens (tertiary/aromatic N) is 2. The Morgan fingerprint density at radius 3 is 2.61 bits per heavy atom. The SMILES string of the molecule is CC(C1CC1)N(C)S(=O)(=O)c1cc(CN)n(C)c1. The van der Waals surface area contributed by atoms with E-state index in [-0.39, 0.29) is 6.04 Å². The minimum Gasteiger partial charge on any atom is -0.352 e. The molecule has 5 nitrogen and oxygen atoms in total. The van der Waals surface area contributed by atoms with Gasteiger partial charge < -0.3 is 10.3 Å². The monoisotopic (exact) mass is 271 g/mol. The Balaban J connectivity index is 2.28. The lowest BCUT2D eigenvalue weighted by Crippen LogP contribution is -2.36. The molecule has 0 radical (unpaired) electrons. The van der Waals surface area contributed by atoms with Crippen LogP contribution >= 0.6 is 0 Å². The summed E-state index contributed by atoms with van der Waals surface area (Å²) in [6, 6.07) is 1.72. The Morgan fingerprint density at radius 1 is 1.56 bits per heavy atom. The van der Waals surface area contributed by atoms with Gasteiger partial charge in [0.2, 0.25) is 10.0 Å². The molecule has 0 bridgehead atoms. The van der Waals surface area contributed by atoms with Crippen molar-refractivity contribution < 1.29 is 8.42 Å². The highest BCUT2D eigenvalue weighted by atomic mass is 32.2. The fraction of sp³-hybridized carbons (Fsp3) is 0.667. The summed E-state index contributed by atoms with van der Waals surface area (Å²) < 4.78 is 28.2. The Labute approximate surface area is 109 Å². The lowest BCUT2D eigenvalue weighted by atomic mass is 10.2. The largest absolute Gasteiger partial charge is 0.352 e. The standard InChI is InChI=1S/C12H21N3O2S/c1-9(10-4-5-10)15(3)18(16,17)12-6-11(7-13)14(2)8-12/h6,8-10H,4-5,7,13H2,1-3H3. The van der Waals surface area contributed by atoms with Crippen LogP contribution in [0.25, 0.3) is 0 Å². The maximum atomic E-state index is 12.5. The van der Waals surface area contributed by atoms with Crippen LogP contribution in [-0.4, -0.2) is 30.4 Å². The van der Waals surface area contributed by atoms with Crippen molar-refractivity contribution in [1.82, 2.24) is 8.87 Å². The summed E-state index contributed by atoms with van der Waals surface area (Å²) in [5, 5.41) is 0. The van der Waals surface area contributed by atoms with Crippen molar-refractivity contribution in [2.24, 2.45) is 18.7 Å². The number of aryl methyl sites for hydroxylation is 1. The van der Waals surface area contributed by atoms with Crippen molar-refractivity contribution in [3.8, 4) is 0 Å². The number of rotatable bonds is 5. The van der Waals surface area contributed by atoms with E-state index < -0.39 is 10.0 Å². The molecular formula is C12H21N3O2S. The molecule has 2 N–H and O–H groups in total. The van der Waals surface area contributed by atoms with E-state index in [0.717, 1.165) is 18.5 Å². The zero-order chi connectivity index (χ0) is 13.5. The van der Waals surface area contributed by atoms with E-state index >= 15 is 0 Å². The number of aromatic nitrogens is 1. The second-order valence-electron chi connectivity index (χ2n) is 5.08.